The van der Waals surface area contributed by atoms with Crippen LogP contribution in [0.5, 0.6) is 0 Å². The van der Waals surface area contributed by atoms with Gasteiger partial charge in [0.05, 0.1) is 23.0 Å². The Hall–Kier alpha value is -1.90. The molecule has 0 heterocycles. The predicted octanol–water partition coefficient (Wildman–Crippen LogP) is -0.142. The normalized spacial score (nSPS) is 16.3. The van der Waals surface area contributed by atoms with Gasteiger partial charge in [0.25, 0.3) is 20.2 Å². The standard InChI is InChI=1S/C20H26O10S2/c1-13-3-7-15(8-4-13)31(25,26)29-11-17(21)19(23)20(24)18(22)12-30-32(27,28)16-9-5-14(2)6-10-16/h3-10,17-24H,11-12H2,1-2H3/t17-,18-,19+,20+/m1/s1. The second-order valence-corrected chi connectivity index (χ2v) is 10.4. The van der Waals surface area contributed by atoms with Gasteiger partial charge < -0.3 is 20.4 Å². The lowest BCUT2D eigenvalue weighted by Crippen LogP contribution is -2.48. The summed E-state index contributed by atoms with van der Waals surface area (Å²) in [4.78, 5) is -0.333. The second-order valence-electron chi connectivity index (χ2n) is 7.22. The summed E-state index contributed by atoms with van der Waals surface area (Å²) in [5, 5.41) is 39.9. The molecule has 4 N–H and O–H groups in total. The maximum absolute atomic E-state index is 12.1. The summed E-state index contributed by atoms with van der Waals surface area (Å²) in [6.07, 6.45) is -7.92. The Balaban J connectivity index is 1.91. The number of aryl methyl sites for hydroxylation is 2. The summed E-state index contributed by atoms with van der Waals surface area (Å²) < 4.78 is 57.9. The van der Waals surface area contributed by atoms with E-state index in [-0.39, 0.29) is 9.79 Å². The number of aliphatic hydroxyl groups is 4. The zero-order chi connectivity index (χ0) is 24.1. The van der Waals surface area contributed by atoms with Gasteiger partial charge in [-0.2, -0.15) is 16.8 Å². The van der Waals surface area contributed by atoms with Gasteiger partial charge in [-0.1, -0.05) is 35.4 Å². The van der Waals surface area contributed by atoms with Gasteiger partial charge in [-0.15, -0.1) is 0 Å². The Morgan fingerprint density at radius 2 is 0.906 bits per heavy atom. The highest BCUT2D eigenvalue weighted by atomic mass is 32.2. The van der Waals surface area contributed by atoms with Crippen LogP contribution in [0.3, 0.4) is 0 Å². The van der Waals surface area contributed by atoms with E-state index in [2.05, 4.69) is 0 Å². The molecular formula is C20H26O10S2. The van der Waals surface area contributed by atoms with Crippen LogP contribution in [-0.2, 0) is 28.6 Å². The van der Waals surface area contributed by atoms with Gasteiger partial charge in [0.2, 0.25) is 0 Å². The van der Waals surface area contributed by atoms with Crippen LogP contribution in [0, 0.1) is 13.8 Å². The molecule has 0 aliphatic heterocycles. The average molecular weight is 491 g/mol. The highest BCUT2D eigenvalue weighted by Gasteiger charge is 2.33. The molecule has 0 bridgehead atoms. The fourth-order valence-electron chi connectivity index (χ4n) is 2.52. The van der Waals surface area contributed by atoms with E-state index >= 15 is 0 Å². The minimum atomic E-state index is -4.23. The van der Waals surface area contributed by atoms with E-state index in [9.17, 15) is 37.3 Å². The first-order valence-corrected chi connectivity index (χ1v) is 12.3. The first kappa shape index (κ1) is 26.4. The Morgan fingerprint density at radius 3 is 1.19 bits per heavy atom. The Morgan fingerprint density at radius 1 is 0.625 bits per heavy atom. The Kier molecular flexibility index (Phi) is 8.90. The lowest BCUT2D eigenvalue weighted by molar-refractivity contribution is -0.118. The van der Waals surface area contributed by atoms with Crippen LogP contribution in [-0.4, -0.2) is 74.9 Å². The van der Waals surface area contributed by atoms with Gasteiger partial charge in [0.15, 0.2) is 0 Å². The van der Waals surface area contributed by atoms with Crippen LogP contribution in [0.2, 0.25) is 0 Å². The van der Waals surface area contributed by atoms with Crippen molar-refractivity contribution in [3.8, 4) is 0 Å². The number of aliphatic hydroxyl groups excluding tert-OH is 4. The molecular weight excluding hydrogens is 464 g/mol. The third kappa shape index (κ3) is 7.05. The number of hydrogen-bond acceptors (Lipinski definition) is 10. The summed E-state index contributed by atoms with van der Waals surface area (Å²) in [5.74, 6) is 0. The first-order chi connectivity index (χ1) is 14.8. The highest BCUT2D eigenvalue weighted by molar-refractivity contribution is 7.87. The molecule has 0 aliphatic carbocycles. The van der Waals surface area contributed by atoms with Gasteiger partial charge >= 0.3 is 0 Å². The van der Waals surface area contributed by atoms with Crippen molar-refractivity contribution in [2.24, 2.45) is 0 Å². The van der Waals surface area contributed by atoms with Crippen LogP contribution in [0.25, 0.3) is 0 Å². The Labute approximate surface area is 186 Å². The van der Waals surface area contributed by atoms with Crippen LogP contribution < -0.4 is 0 Å². The van der Waals surface area contributed by atoms with Crippen molar-refractivity contribution in [1.29, 1.82) is 0 Å². The van der Waals surface area contributed by atoms with Gasteiger partial charge in [-0.3, -0.25) is 8.37 Å². The number of benzene rings is 2. The number of hydrogen-bond donors (Lipinski definition) is 4. The summed E-state index contributed by atoms with van der Waals surface area (Å²) >= 11 is 0. The molecule has 0 amide bonds. The summed E-state index contributed by atoms with van der Waals surface area (Å²) in [6.45, 7) is 1.70. The molecule has 0 aliphatic rings. The molecule has 0 saturated heterocycles. The van der Waals surface area contributed by atoms with E-state index in [1.165, 1.54) is 24.3 Å². The molecule has 0 unspecified atom stereocenters. The zero-order valence-electron chi connectivity index (χ0n) is 17.4. The second kappa shape index (κ2) is 10.8. The number of rotatable bonds is 11. The molecule has 4 atom stereocenters. The van der Waals surface area contributed by atoms with E-state index in [1.54, 1.807) is 38.1 Å². The maximum Gasteiger partial charge on any atom is 0.297 e. The molecule has 2 rings (SSSR count). The molecule has 2 aromatic rings. The molecule has 12 heteroatoms. The van der Waals surface area contributed by atoms with E-state index in [0.717, 1.165) is 11.1 Å². The molecule has 2 aromatic carbocycles. The molecule has 0 spiro atoms. The van der Waals surface area contributed by atoms with Gasteiger partial charge in [-0.05, 0) is 38.1 Å². The topological polar surface area (TPSA) is 168 Å². The average Bonchev–Trinajstić information content (AvgIpc) is 2.75. The largest absolute Gasteiger partial charge is 0.388 e. The molecule has 0 aromatic heterocycles. The quantitative estimate of drug-likeness (QED) is 0.311. The predicted molar refractivity (Wildman–Crippen MR) is 113 cm³/mol. The van der Waals surface area contributed by atoms with E-state index in [4.69, 9.17) is 8.37 Å². The fourth-order valence-corrected chi connectivity index (χ4v) is 4.37. The van der Waals surface area contributed by atoms with Crippen molar-refractivity contribution < 1.29 is 45.6 Å². The van der Waals surface area contributed by atoms with Crippen LogP contribution in [0.4, 0.5) is 0 Å². The van der Waals surface area contributed by atoms with Crippen LogP contribution >= 0.6 is 0 Å². The van der Waals surface area contributed by atoms with Gasteiger partial charge in [0.1, 0.15) is 24.4 Å². The van der Waals surface area contributed by atoms with Crippen molar-refractivity contribution in [1.82, 2.24) is 0 Å². The first-order valence-electron chi connectivity index (χ1n) is 9.48. The minimum absolute atomic E-state index is 0.167. The van der Waals surface area contributed by atoms with Crippen molar-refractivity contribution in [2.75, 3.05) is 13.2 Å². The minimum Gasteiger partial charge on any atom is -0.388 e. The molecule has 10 nitrogen and oxygen atoms in total. The lowest BCUT2D eigenvalue weighted by Gasteiger charge is -2.26. The lowest BCUT2D eigenvalue weighted by atomic mass is 10.0. The van der Waals surface area contributed by atoms with Gasteiger partial charge in [0, 0.05) is 0 Å². The van der Waals surface area contributed by atoms with Crippen molar-refractivity contribution in [3.63, 3.8) is 0 Å². The van der Waals surface area contributed by atoms with Crippen LogP contribution in [0.15, 0.2) is 58.3 Å². The highest BCUT2D eigenvalue weighted by Crippen LogP contribution is 2.17. The zero-order valence-corrected chi connectivity index (χ0v) is 19.0. The van der Waals surface area contributed by atoms with Crippen LogP contribution in [0.1, 0.15) is 11.1 Å². The SMILES string of the molecule is Cc1ccc(S(=O)(=O)OC[C@@H](O)[C@H](O)[C@@H](O)[C@H](O)COS(=O)(=O)c2ccc(C)cc2)cc1. The summed E-state index contributed by atoms with van der Waals surface area (Å²) in [5.41, 5.74) is 1.64. The monoisotopic (exact) mass is 490 g/mol. The molecule has 0 saturated carbocycles. The molecule has 178 valence electrons. The van der Waals surface area contributed by atoms with E-state index in [0.29, 0.717) is 0 Å². The van der Waals surface area contributed by atoms with Gasteiger partial charge in [-0.25, -0.2) is 0 Å². The van der Waals surface area contributed by atoms with E-state index in [1.807, 2.05) is 0 Å². The summed E-state index contributed by atoms with van der Waals surface area (Å²) in [6, 6.07) is 11.4. The smallest absolute Gasteiger partial charge is 0.297 e. The van der Waals surface area contributed by atoms with E-state index < -0.39 is 57.9 Å². The fraction of sp³-hybridized carbons (Fsp3) is 0.400. The molecule has 0 radical (unpaired) electrons. The molecule has 0 fully saturated rings. The third-order valence-corrected chi connectivity index (χ3v) is 7.14. The van der Waals surface area contributed by atoms with Crippen molar-refractivity contribution in [3.05, 3.63) is 59.7 Å². The third-order valence-electron chi connectivity index (χ3n) is 4.55. The summed E-state index contributed by atoms with van der Waals surface area (Å²) in [7, 11) is -8.47. The molecule has 32 heavy (non-hydrogen) atoms. The van der Waals surface area contributed by atoms with Crippen molar-refractivity contribution in [2.45, 2.75) is 48.1 Å². The Bertz CT molecular complexity index is 991. The maximum atomic E-state index is 12.1. The van der Waals surface area contributed by atoms with Crippen molar-refractivity contribution >= 4 is 20.2 Å².